The van der Waals surface area contributed by atoms with Crippen LogP contribution in [0.4, 0.5) is 5.82 Å². The van der Waals surface area contributed by atoms with Crippen molar-refractivity contribution in [2.75, 3.05) is 26.0 Å². The van der Waals surface area contributed by atoms with Crippen molar-refractivity contribution >= 4 is 12.2 Å². The Hall–Kier alpha value is -1.29. The molecule has 0 aliphatic carbocycles. The predicted octanol–water partition coefficient (Wildman–Crippen LogP) is 1.00. The summed E-state index contributed by atoms with van der Waals surface area (Å²) in [6, 6.07) is 2.13. The number of hydrogen-bond donors (Lipinski definition) is 1. The Morgan fingerprint density at radius 1 is 1.57 bits per heavy atom. The number of fused-ring (bicyclic) bond motifs is 1. The minimum Gasteiger partial charge on any atom is -0.333 e. The number of aromatic nitrogens is 1. The van der Waals surface area contributed by atoms with Crippen molar-refractivity contribution in [1.29, 1.82) is 0 Å². The van der Waals surface area contributed by atoms with Gasteiger partial charge in [0.25, 0.3) is 0 Å². The van der Waals surface area contributed by atoms with E-state index in [2.05, 4.69) is 46.1 Å². The maximum Gasteiger partial charge on any atom is 0.116 e. The summed E-state index contributed by atoms with van der Waals surface area (Å²) in [5.74, 6) is 1.20. The molecule has 76 valence electrons. The molecule has 1 N–H and O–H groups in total. The standard InChI is InChI=1S/C10H16N4/c1-13(2)5-6-14-4-3-9-7-11-8-12-10(9)14/h3-4,8H,5-7H2,1-2H3,(H,11,12). The normalized spacial score (nSPS) is 14.2. The Morgan fingerprint density at radius 2 is 2.43 bits per heavy atom. The second kappa shape index (κ2) is 3.84. The molecule has 0 saturated carbocycles. The van der Waals surface area contributed by atoms with E-state index in [1.807, 2.05) is 0 Å². The molecule has 1 aromatic heterocycles. The van der Waals surface area contributed by atoms with Crippen molar-refractivity contribution < 1.29 is 0 Å². The van der Waals surface area contributed by atoms with E-state index in [0.29, 0.717) is 0 Å². The van der Waals surface area contributed by atoms with E-state index in [1.54, 1.807) is 6.34 Å². The lowest BCUT2D eigenvalue weighted by atomic mass is 10.3. The van der Waals surface area contributed by atoms with Crippen LogP contribution in [0.1, 0.15) is 5.56 Å². The molecule has 4 nitrogen and oxygen atoms in total. The highest BCUT2D eigenvalue weighted by Gasteiger charge is 2.09. The zero-order valence-electron chi connectivity index (χ0n) is 8.70. The molecule has 0 amide bonds. The third-order valence-electron chi connectivity index (χ3n) is 2.39. The van der Waals surface area contributed by atoms with Gasteiger partial charge in [0.1, 0.15) is 5.82 Å². The molecule has 0 fully saturated rings. The largest absolute Gasteiger partial charge is 0.333 e. The van der Waals surface area contributed by atoms with Gasteiger partial charge in [-0.2, -0.15) is 0 Å². The maximum atomic E-state index is 4.17. The molecule has 14 heavy (non-hydrogen) atoms. The van der Waals surface area contributed by atoms with Gasteiger partial charge in [0.15, 0.2) is 0 Å². The second-order valence-corrected chi connectivity index (χ2v) is 3.80. The van der Waals surface area contributed by atoms with Gasteiger partial charge in [0.05, 0.1) is 12.9 Å². The van der Waals surface area contributed by atoms with Crippen molar-refractivity contribution in [3.63, 3.8) is 0 Å². The van der Waals surface area contributed by atoms with Crippen LogP contribution in [0, 0.1) is 0 Å². The highest BCUT2D eigenvalue weighted by molar-refractivity contribution is 5.77. The van der Waals surface area contributed by atoms with Crippen LogP contribution in [0.2, 0.25) is 0 Å². The fraction of sp³-hybridized carbons (Fsp3) is 0.500. The SMILES string of the molecule is CN(C)CCn1ccc2c1NC=NC2. The van der Waals surface area contributed by atoms with Crippen molar-refractivity contribution in [2.45, 2.75) is 13.1 Å². The fourth-order valence-corrected chi connectivity index (χ4v) is 1.57. The van der Waals surface area contributed by atoms with E-state index in [1.165, 1.54) is 11.4 Å². The van der Waals surface area contributed by atoms with Crippen LogP contribution in [0.15, 0.2) is 17.3 Å². The van der Waals surface area contributed by atoms with Gasteiger partial charge < -0.3 is 14.8 Å². The lowest BCUT2D eigenvalue weighted by molar-refractivity contribution is 0.385. The fourth-order valence-electron chi connectivity index (χ4n) is 1.57. The summed E-state index contributed by atoms with van der Waals surface area (Å²) in [6.45, 7) is 2.88. The van der Waals surface area contributed by atoms with Gasteiger partial charge in [-0.15, -0.1) is 0 Å². The molecule has 0 radical (unpaired) electrons. The molecule has 0 unspecified atom stereocenters. The van der Waals surface area contributed by atoms with Gasteiger partial charge in [-0.25, -0.2) is 0 Å². The maximum absolute atomic E-state index is 4.17. The van der Waals surface area contributed by atoms with E-state index < -0.39 is 0 Å². The van der Waals surface area contributed by atoms with E-state index in [4.69, 9.17) is 0 Å². The molecule has 4 heteroatoms. The van der Waals surface area contributed by atoms with E-state index >= 15 is 0 Å². The van der Waals surface area contributed by atoms with Crippen molar-refractivity contribution in [3.8, 4) is 0 Å². The average molecular weight is 192 g/mol. The smallest absolute Gasteiger partial charge is 0.116 e. The van der Waals surface area contributed by atoms with Gasteiger partial charge in [-0.05, 0) is 20.2 Å². The number of likely N-dealkylation sites (N-methyl/N-ethyl adjacent to an activating group) is 1. The first kappa shape index (κ1) is 9.27. The van der Waals surface area contributed by atoms with Gasteiger partial charge in [-0.1, -0.05) is 0 Å². The van der Waals surface area contributed by atoms with Crippen LogP contribution in [0.3, 0.4) is 0 Å². The summed E-state index contributed by atoms with van der Waals surface area (Å²) in [5.41, 5.74) is 1.28. The summed E-state index contributed by atoms with van der Waals surface area (Å²) in [6.07, 6.45) is 3.89. The molecular weight excluding hydrogens is 176 g/mol. The first-order valence-corrected chi connectivity index (χ1v) is 4.85. The first-order chi connectivity index (χ1) is 6.77. The van der Waals surface area contributed by atoms with Crippen LogP contribution in [-0.4, -0.2) is 36.4 Å². The summed E-state index contributed by atoms with van der Waals surface area (Å²) >= 11 is 0. The summed E-state index contributed by atoms with van der Waals surface area (Å²) in [4.78, 5) is 6.35. The number of anilines is 1. The molecule has 0 saturated heterocycles. The minimum atomic E-state index is 0.803. The molecule has 1 aliphatic heterocycles. The highest BCUT2D eigenvalue weighted by atomic mass is 15.2. The lowest BCUT2D eigenvalue weighted by Gasteiger charge is -2.15. The van der Waals surface area contributed by atoms with Gasteiger partial charge >= 0.3 is 0 Å². The second-order valence-electron chi connectivity index (χ2n) is 3.80. The Balaban J connectivity index is 2.08. The van der Waals surface area contributed by atoms with E-state index in [9.17, 15) is 0 Å². The molecule has 2 heterocycles. The third-order valence-corrected chi connectivity index (χ3v) is 2.39. The van der Waals surface area contributed by atoms with Crippen LogP contribution in [0.25, 0.3) is 0 Å². The molecule has 0 spiro atoms. The Bertz CT molecular complexity index is 338. The van der Waals surface area contributed by atoms with Crippen molar-refractivity contribution in [2.24, 2.45) is 4.99 Å². The van der Waals surface area contributed by atoms with Gasteiger partial charge in [-0.3, -0.25) is 4.99 Å². The summed E-state index contributed by atoms with van der Waals surface area (Å²) < 4.78 is 2.24. The lowest BCUT2D eigenvalue weighted by Crippen LogP contribution is -2.19. The highest BCUT2D eigenvalue weighted by Crippen LogP contribution is 2.20. The van der Waals surface area contributed by atoms with Gasteiger partial charge in [0, 0.05) is 24.8 Å². The zero-order chi connectivity index (χ0) is 9.97. The molecule has 0 atom stereocenters. The van der Waals surface area contributed by atoms with Crippen LogP contribution in [-0.2, 0) is 13.1 Å². The number of nitrogens with zero attached hydrogens (tertiary/aromatic N) is 3. The summed E-state index contributed by atoms with van der Waals surface area (Å²) in [5, 5.41) is 3.19. The monoisotopic (exact) mass is 192 g/mol. The third kappa shape index (κ3) is 1.80. The van der Waals surface area contributed by atoms with Crippen LogP contribution < -0.4 is 5.32 Å². The average Bonchev–Trinajstić information content (AvgIpc) is 2.58. The minimum absolute atomic E-state index is 0.803. The summed E-state index contributed by atoms with van der Waals surface area (Å²) in [7, 11) is 4.18. The Labute approximate surface area is 84.2 Å². The quantitative estimate of drug-likeness (QED) is 0.775. The van der Waals surface area contributed by atoms with E-state index in [0.717, 1.165) is 19.6 Å². The Morgan fingerprint density at radius 3 is 3.21 bits per heavy atom. The van der Waals surface area contributed by atoms with E-state index in [-0.39, 0.29) is 0 Å². The van der Waals surface area contributed by atoms with Crippen molar-refractivity contribution in [3.05, 3.63) is 17.8 Å². The number of hydrogen-bond acceptors (Lipinski definition) is 3. The zero-order valence-corrected chi connectivity index (χ0v) is 8.70. The predicted molar refractivity (Wildman–Crippen MR) is 58.8 cm³/mol. The molecule has 1 aromatic rings. The molecule has 1 aliphatic rings. The van der Waals surface area contributed by atoms with Crippen LogP contribution >= 0.6 is 0 Å². The molecular formula is C10H16N4. The Kier molecular flexibility index (Phi) is 2.54. The van der Waals surface area contributed by atoms with Gasteiger partial charge in [0.2, 0.25) is 0 Å². The molecule has 0 bridgehead atoms. The first-order valence-electron chi connectivity index (χ1n) is 4.85. The molecule has 0 aromatic carbocycles. The van der Waals surface area contributed by atoms with Crippen molar-refractivity contribution in [1.82, 2.24) is 9.47 Å². The number of nitrogens with one attached hydrogen (secondary N) is 1. The number of rotatable bonds is 3. The topological polar surface area (TPSA) is 32.6 Å². The number of aliphatic imine (C=N–C) groups is 1. The van der Waals surface area contributed by atoms with Crippen LogP contribution in [0.5, 0.6) is 0 Å². The molecule has 2 rings (SSSR count).